The Labute approximate surface area is 303 Å². The molecule has 0 saturated heterocycles. The average molecular weight is 588 g/mol. The molecule has 0 N–H and O–H groups in total. The minimum atomic E-state index is 0.0856. The van der Waals surface area contributed by atoms with E-state index < -0.39 is 0 Å². The Morgan fingerprint density at radius 2 is 0.837 bits per heavy atom. The lowest BCUT2D eigenvalue weighted by Crippen LogP contribution is -2.55. The number of hydrogen-bond donors (Lipinski definition) is 0. The molecule has 0 aliphatic rings. The van der Waals surface area contributed by atoms with Crippen molar-refractivity contribution in [2.45, 2.75) is 6.92 Å². The zero-order valence-corrected chi connectivity index (χ0v) is 26.5. The van der Waals surface area contributed by atoms with E-state index in [1.54, 1.807) is 12.1 Å². The van der Waals surface area contributed by atoms with Crippen molar-refractivity contribution in [2.24, 2.45) is 0 Å². The molecule has 0 saturated carbocycles. The first kappa shape index (κ1) is 33.6. The van der Waals surface area contributed by atoms with Gasteiger partial charge in [0.25, 0.3) is 0 Å². The average Bonchev–Trinajstić information content (AvgIpc) is 3.43. The summed E-state index contributed by atoms with van der Waals surface area (Å²) in [6, 6.07) is 14.9. The highest BCUT2D eigenvalue weighted by Gasteiger charge is 2.26. The van der Waals surface area contributed by atoms with Gasteiger partial charge in [-0.15, -0.1) is 38.2 Å². The topological polar surface area (TPSA) is 17.8 Å². The van der Waals surface area contributed by atoms with Crippen LogP contribution in [0.4, 0.5) is 0 Å². The Morgan fingerprint density at radius 1 is 0.429 bits per heavy atom. The highest BCUT2D eigenvalue weighted by molar-refractivity contribution is 6.71. The molecule has 1 heterocycles. The van der Waals surface area contributed by atoms with E-state index in [1.807, 2.05) is 47.9 Å². The predicted octanol–water partition coefficient (Wildman–Crippen LogP) is -6.71. The second-order valence-electron chi connectivity index (χ2n) is 12.0. The van der Waals surface area contributed by atoms with Crippen LogP contribution in [-0.2, 0) is 0 Å². The number of aromatic nitrogens is 2. The van der Waals surface area contributed by atoms with Crippen LogP contribution in [0.25, 0.3) is 60.5 Å². The van der Waals surface area contributed by atoms with E-state index in [0.717, 1.165) is 11.0 Å². The second-order valence-corrected chi connectivity index (χ2v) is 12.0. The molecular weight excluding hydrogens is 577 g/mol. The fourth-order valence-corrected chi connectivity index (χ4v) is 6.85. The molecule has 6 aromatic carbocycles. The van der Waals surface area contributed by atoms with Crippen LogP contribution in [-0.4, -0.2) is 112 Å². The van der Waals surface area contributed by atoms with Crippen molar-refractivity contribution in [3.05, 3.63) is 54.4 Å². The van der Waals surface area contributed by atoms with Gasteiger partial charge in [0, 0.05) is 0 Å². The lowest BCUT2D eigenvalue weighted by molar-refractivity contribution is 1.02. The summed E-state index contributed by atoms with van der Waals surface area (Å²) >= 11 is 0. The second kappa shape index (κ2) is 11.9. The van der Waals surface area contributed by atoms with Crippen molar-refractivity contribution in [1.82, 2.24) is 9.55 Å². The van der Waals surface area contributed by atoms with Gasteiger partial charge in [-0.25, -0.2) is 4.98 Å². The Kier molecular flexibility index (Phi) is 8.16. The molecule has 0 fully saturated rings. The van der Waals surface area contributed by atoms with E-state index in [9.17, 15) is 0 Å². The van der Waals surface area contributed by atoms with Crippen molar-refractivity contribution < 1.29 is 0 Å². The maximum Gasteiger partial charge on any atom is 0.113 e. The van der Waals surface area contributed by atoms with Gasteiger partial charge in [-0.05, 0) is 68.9 Å². The predicted molar refractivity (Wildman–Crippen MR) is 222 cm³/mol. The maximum atomic E-state index is 6.90. The number of benzene rings is 6. The van der Waals surface area contributed by atoms with Gasteiger partial charge in [0.05, 0.1) is 16.7 Å². The van der Waals surface area contributed by atoms with Gasteiger partial charge in [-0.3, -0.25) is 4.57 Å². The highest BCUT2D eigenvalue weighted by Crippen LogP contribution is 2.40. The van der Waals surface area contributed by atoms with Crippen molar-refractivity contribution >= 4 is 206 Å². The Balaban J connectivity index is 1.77. The molecule has 196 valence electrons. The molecule has 0 amide bonds. The molecular formula is C34H11B13N2. The molecule has 0 bridgehead atoms. The number of imidazole rings is 1. The first-order valence-electron chi connectivity index (χ1n) is 15.0. The van der Waals surface area contributed by atoms with Crippen molar-refractivity contribution in [3.8, 4) is 27.9 Å². The number of aryl methyl sites for hydroxylation is 1. The largest absolute Gasteiger partial charge is 0.295 e. The Morgan fingerprint density at radius 3 is 1.35 bits per heavy atom. The van der Waals surface area contributed by atoms with Crippen LogP contribution in [0.2, 0.25) is 0 Å². The lowest BCUT2D eigenvalue weighted by Gasteiger charge is -2.29. The summed E-state index contributed by atoms with van der Waals surface area (Å²) in [5, 5.41) is 1.76. The molecule has 15 heteroatoms. The summed E-state index contributed by atoms with van der Waals surface area (Å²) in [4.78, 5) is 4.80. The molecule has 1 aromatic heterocycles. The van der Waals surface area contributed by atoms with Gasteiger partial charge < -0.3 is 0 Å². The fourth-order valence-electron chi connectivity index (χ4n) is 6.85. The Hall–Kier alpha value is -3.85. The standard InChI is InChI=1S/C34H11B13N2/c1-10-48-13-7-2-3-8-14(13)49(10)34-19-17(23(37)29(43)31(45)25(19)39)15(18-20(34)26(40)32(46)30(44)24(18)38)11-5-4-6-12(9-11)16-21(35)27(41)33(47)28(42)22(16)36/h2-9H,1H3. The normalized spacial score (nSPS) is 11.6. The zero-order chi connectivity index (χ0) is 35.4. The summed E-state index contributed by atoms with van der Waals surface area (Å²) in [7, 11) is 85.2. The monoisotopic (exact) mass is 590 g/mol. The Bertz CT molecular complexity index is 2500. The first-order chi connectivity index (χ1) is 23.2. The van der Waals surface area contributed by atoms with E-state index >= 15 is 0 Å². The van der Waals surface area contributed by atoms with Crippen LogP contribution in [0.15, 0.2) is 48.5 Å². The van der Waals surface area contributed by atoms with Crippen LogP contribution in [0.5, 0.6) is 0 Å². The van der Waals surface area contributed by atoms with E-state index in [4.69, 9.17) is 107 Å². The van der Waals surface area contributed by atoms with Crippen LogP contribution in [0.1, 0.15) is 5.82 Å². The van der Waals surface area contributed by atoms with E-state index in [-0.39, 0.29) is 71.0 Å². The molecule has 0 atom stereocenters. The SMILES string of the molecule is [B]c1c([B])c([B])c(-c2cccc(-c3c4c([B])c([B])c([B])c([B])c4c(-n4c(C)nc5ccccc54)c4c([B])c([B])c([B])c([B])c34)c2)c([B])c1[B]. The number of rotatable bonds is 3. The minimum absolute atomic E-state index is 0.0856. The highest BCUT2D eigenvalue weighted by atomic mass is 15.1. The summed E-state index contributed by atoms with van der Waals surface area (Å²) in [6.07, 6.45) is 0. The minimum Gasteiger partial charge on any atom is -0.295 e. The fraction of sp³-hybridized carbons (Fsp3) is 0.0294. The van der Waals surface area contributed by atoms with E-state index in [2.05, 4.69) is 0 Å². The van der Waals surface area contributed by atoms with Gasteiger partial charge in [-0.1, -0.05) is 63.1 Å². The smallest absolute Gasteiger partial charge is 0.113 e. The van der Waals surface area contributed by atoms with Crippen molar-refractivity contribution in [3.63, 3.8) is 0 Å². The number of nitrogens with zero attached hydrogens (tertiary/aromatic N) is 2. The molecule has 0 spiro atoms. The number of para-hydroxylation sites is 2. The van der Waals surface area contributed by atoms with Crippen molar-refractivity contribution in [1.29, 1.82) is 0 Å². The van der Waals surface area contributed by atoms with Crippen LogP contribution in [0, 0.1) is 6.92 Å². The quantitative estimate of drug-likeness (QED) is 0.149. The number of hydrogen-bond acceptors (Lipinski definition) is 1. The third kappa shape index (κ3) is 4.70. The third-order valence-corrected chi connectivity index (χ3v) is 9.38. The zero-order valence-electron chi connectivity index (χ0n) is 26.5. The first-order valence-corrected chi connectivity index (χ1v) is 15.0. The summed E-state index contributed by atoms with van der Waals surface area (Å²) in [5.74, 6) is 0.616. The van der Waals surface area contributed by atoms with Gasteiger partial charge >= 0.3 is 0 Å². The van der Waals surface area contributed by atoms with E-state index in [1.165, 1.54) is 0 Å². The molecule has 7 aromatic rings. The lowest BCUT2D eigenvalue weighted by atomic mass is 9.59. The molecule has 7 rings (SSSR count). The maximum absolute atomic E-state index is 6.90. The molecule has 26 radical (unpaired) electrons. The molecule has 0 aliphatic carbocycles. The van der Waals surface area contributed by atoms with Gasteiger partial charge in [-0.2, -0.15) is 0 Å². The van der Waals surface area contributed by atoms with Crippen LogP contribution >= 0.6 is 0 Å². The van der Waals surface area contributed by atoms with Crippen LogP contribution < -0.4 is 71.0 Å². The molecule has 0 aliphatic heterocycles. The van der Waals surface area contributed by atoms with Crippen molar-refractivity contribution in [2.75, 3.05) is 0 Å². The molecule has 2 nitrogen and oxygen atoms in total. The van der Waals surface area contributed by atoms with Crippen LogP contribution in [0.3, 0.4) is 0 Å². The third-order valence-electron chi connectivity index (χ3n) is 9.38. The number of fused-ring (bicyclic) bond motifs is 3. The summed E-state index contributed by atoms with van der Waals surface area (Å²) in [5.41, 5.74) is 5.64. The summed E-state index contributed by atoms with van der Waals surface area (Å²) in [6.45, 7) is 1.86. The van der Waals surface area contributed by atoms with Gasteiger partial charge in [0.1, 0.15) is 108 Å². The summed E-state index contributed by atoms with van der Waals surface area (Å²) < 4.78 is 1.92. The van der Waals surface area contributed by atoms with Gasteiger partial charge in [0.15, 0.2) is 0 Å². The molecule has 0 unspecified atom stereocenters. The molecule has 49 heavy (non-hydrogen) atoms. The van der Waals surface area contributed by atoms with E-state index in [0.29, 0.717) is 55.3 Å². The van der Waals surface area contributed by atoms with Gasteiger partial charge in [0.2, 0.25) is 0 Å².